The molecule has 2 aromatic carbocycles. The van der Waals surface area contributed by atoms with E-state index in [1.165, 1.54) is 40.8 Å². The fourth-order valence-corrected chi connectivity index (χ4v) is 3.83. The first kappa shape index (κ1) is 17.6. The minimum absolute atomic E-state index is 0.0681. The Kier molecular flexibility index (Phi) is 5.83. The second kappa shape index (κ2) is 8.27. The van der Waals surface area contributed by atoms with Crippen LogP contribution in [0.1, 0.15) is 11.1 Å². The van der Waals surface area contributed by atoms with E-state index in [0.717, 1.165) is 21.2 Å². The third-order valence-electron chi connectivity index (χ3n) is 3.56. The predicted molar refractivity (Wildman–Crippen MR) is 101 cm³/mol. The number of benzene rings is 2. The van der Waals surface area contributed by atoms with Gasteiger partial charge in [0, 0.05) is 17.5 Å². The molecular formula is C19H17FN2OS2. The minimum Gasteiger partial charge on any atom is -0.351 e. The van der Waals surface area contributed by atoms with Gasteiger partial charge >= 0.3 is 0 Å². The van der Waals surface area contributed by atoms with Crippen molar-refractivity contribution in [1.82, 2.24) is 10.3 Å². The van der Waals surface area contributed by atoms with Gasteiger partial charge in [-0.3, -0.25) is 4.79 Å². The molecule has 0 aliphatic carbocycles. The molecular weight excluding hydrogens is 355 g/mol. The van der Waals surface area contributed by atoms with Crippen LogP contribution in [0.15, 0.2) is 58.3 Å². The van der Waals surface area contributed by atoms with E-state index in [4.69, 9.17) is 0 Å². The summed E-state index contributed by atoms with van der Waals surface area (Å²) in [7, 11) is 0. The molecule has 6 heteroatoms. The number of hydrogen-bond acceptors (Lipinski definition) is 4. The van der Waals surface area contributed by atoms with Crippen LogP contribution in [-0.4, -0.2) is 16.6 Å². The highest BCUT2D eigenvalue weighted by molar-refractivity contribution is 8.01. The van der Waals surface area contributed by atoms with Crippen LogP contribution < -0.4 is 5.32 Å². The Morgan fingerprint density at radius 3 is 2.60 bits per heavy atom. The highest BCUT2D eigenvalue weighted by atomic mass is 32.2. The van der Waals surface area contributed by atoms with Crippen molar-refractivity contribution in [2.24, 2.45) is 0 Å². The number of nitrogens with one attached hydrogen (secondary N) is 1. The summed E-state index contributed by atoms with van der Waals surface area (Å²) >= 11 is 2.96. The molecule has 3 nitrogen and oxygen atoms in total. The number of carbonyl (C=O) groups excluding carboxylic acids is 1. The van der Waals surface area contributed by atoms with Gasteiger partial charge in [0.25, 0.3) is 0 Å². The van der Waals surface area contributed by atoms with E-state index >= 15 is 0 Å². The van der Waals surface area contributed by atoms with Gasteiger partial charge in [-0.2, -0.15) is 0 Å². The molecule has 3 rings (SSSR count). The topological polar surface area (TPSA) is 42.0 Å². The Morgan fingerprint density at radius 1 is 1.16 bits per heavy atom. The van der Waals surface area contributed by atoms with Crippen molar-refractivity contribution >= 4 is 29.0 Å². The van der Waals surface area contributed by atoms with E-state index in [-0.39, 0.29) is 11.7 Å². The highest BCUT2D eigenvalue weighted by Gasteiger charge is 2.08. The third kappa shape index (κ3) is 5.14. The molecule has 0 saturated carbocycles. The predicted octanol–water partition coefficient (Wildman–Crippen LogP) is 4.67. The molecule has 1 amide bonds. The fourth-order valence-electron chi connectivity index (χ4n) is 2.16. The first-order valence-electron chi connectivity index (χ1n) is 7.77. The Morgan fingerprint density at radius 2 is 1.88 bits per heavy atom. The van der Waals surface area contributed by atoms with Crippen molar-refractivity contribution in [1.29, 1.82) is 0 Å². The summed E-state index contributed by atoms with van der Waals surface area (Å²) in [4.78, 5) is 16.5. The number of aromatic nitrogens is 1. The highest BCUT2D eigenvalue weighted by Crippen LogP contribution is 2.28. The molecule has 0 aliphatic rings. The maximum absolute atomic E-state index is 12.8. The summed E-state index contributed by atoms with van der Waals surface area (Å²) in [6.07, 6.45) is 0. The van der Waals surface area contributed by atoms with E-state index in [9.17, 15) is 9.18 Å². The number of halogens is 1. The van der Waals surface area contributed by atoms with Gasteiger partial charge in [0.05, 0.1) is 11.4 Å². The maximum Gasteiger partial charge on any atom is 0.230 e. The average Bonchev–Trinajstić information content (AvgIpc) is 3.09. The summed E-state index contributed by atoms with van der Waals surface area (Å²) in [5.74, 6) is -0.0395. The molecule has 128 valence electrons. The SMILES string of the molecule is Cc1ccc(-c2csc(SCC(=O)NCc3ccc(F)cc3)n2)cc1. The number of carbonyl (C=O) groups is 1. The standard InChI is InChI=1S/C19H17FN2OS2/c1-13-2-6-15(7-3-13)17-11-24-19(22-17)25-12-18(23)21-10-14-4-8-16(20)9-5-14/h2-9,11H,10,12H2,1H3,(H,21,23). The molecule has 0 spiro atoms. The van der Waals surface area contributed by atoms with E-state index in [0.29, 0.717) is 12.3 Å². The first-order chi connectivity index (χ1) is 12.1. The van der Waals surface area contributed by atoms with E-state index in [2.05, 4.69) is 29.4 Å². The zero-order chi connectivity index (χ0) is 17.6. The van der Waals surface area contributed by atoms with Crippen LogP contribution in [0.4, 0.5) is 4.39 Å². The Balaban J connectivity index is 1.49. The Hall–Kier alpha value is -2.18. The Bertz CT molecular complexity index is 845. The van der Waals surface area contributed by atoms with Gasteiger partial charge in [-0.15, -0.1) is 11.3 Å². The summed E-state index contributed by atoms with van der Waals surface area (Å²) in [6.45, 7) is 2.45. The summed E-state index contributed by atoms with van der Waals surface area (Å²) in [5.41, 5.74) is 4.09. The average molecular weight is 372 g/mol. The number of hydrogen-bond donors (Lipinski definition) is 1. The molecule has 3 aromatic rings. The van der Waals surface area contributed by atoms with Gasteiger partial charge < -0.3 is 5.32 Å². The first-order valence-corrected chi connectivity index (χ1v) is 9.63. The molecule has 0 atom stereocenters. The van der Waals surface area contributed by atoms with Crippen LogP contribution in [0.2, 0.25) is 0 Å². The molecule has 0 unspecified atom stereocenters. The molecule has 25 heavy (non-hydrogen) atoms. The van der Waals surface area contributed by atoms with E-state index in [1.807, 2.05) is 17.5 Å². The maximum atomic E-state index is 12.8. The molecule has 0 bridgehead atoms. The Labute approximate surface area is 154 Å². The monoisotopic (exact) mass is 372 g/mol. The normalized spacial score (nSPS) is 10.6. The number of nitrogens with zero attached hydrogens (tertiary/aromatic N) is 1. The van der Waals surface area contributed by atoms with Crippen LogP contribution >= 0.6 is 23.1 Å². The quantitative estimate of drug-likeness (QED) is 0.640. The largest absolute Gasteiger partial charge is 0.351 e. The fraction of sp³-hybridized carbons (Fsp3) is 0.158. The van der Waals surface area contributed by atoms with Gasteiger partial charge in [-0.25, -0.2) is 9.37 Å². The van der Waals surface area contributed by atoms with Gasteiger partial charge in [0.15, 0.2) is 4.34 Å². The minimum atomic E-state index is -0.279. The van der Waals surface area contributed by atoms with Crippen LogP contribution in [0, 0.1) is 12.7 Å². The van der Waals surface area contributed by atoms with Crippen molar-refractivity contribution in [2.75, 3.05) is 5.75 Å². The van der Waals surface area contributed by atoms with Crippen LogP contribution in [0.25, 0.3) is 11.3 Å². The zero-order valence-electron chi connectivity index (χ0n) is 13.7. The second-order valence-electron chi connectivity index (χ2n) is 5.56. The van der Waals surface area contributed by atoms with Gasteiger partial charge in [-0.1, -0.05) is 53.7 Å². The molecule has 1 N–H and O–H groups in total. The van der Waals surface area contributed by atoms with Crippen molar-refractivity contribution in [3.63, 3.8) is 0 Å². The van der Waals surface area contributed by atoms with Crippen LogP contribution in [0.3, 0.4) is 0 Å². The number of aryl methyl sites for hydroxylation is 1. The second-order valence-corrected chi connectivity index (χ2v) is 7.64. The number of thioether (sulfide) groups is 1. The lowest BCUT2D eigenvalue weighted by atomic mass is 10.1. The van der Waals surface area contributed by atoms with Crippen LogP contribution in [-0.2, 0) is 11.3 Å². The lowest BCUT2D eigenvalue weighted by Gasteiger charge is -2.04. The summed E-state index contributed by atoms with van der Waals surface area (Å²) in [5, 5.41) is 4.83. The molecule has 1 aromatic heterocycles. The van der Waals surface area contributed by atoms with E-state index < -0.39 is 0 Å². The van der Waals surface area contributed by atoms with Crippen molar-refractivity contribution in [2.45, 2.75) is 17.8 Å². The molecule has 0 aliphatic heterocycles. The number of thiazole rings is 1. The molecule has 0 fully saturated rings. The number of rotatable bonds is 6. The van der Waals surface area contributed by atoms with Crippen molar-refractivity contribution in [3.8, 4) is 11.3 Å². The van der Waals surface area contributed by atoms with Gasteiger partial charge in [-0.05, 0) is 24.6 Å². The zero-order valence-corrected chi connectivity index (χ0v) is 15.3. The van der Waals surface area contributed by atoms with Crippen LogP contribution in [0.5, 0.6) is 0 Å². The lowest BCUT2D eigenvalue weighted by Crippen LogP contribution is -2.24. The smallest absolute Gasteiger partial charge is 0.230 e. The third-order valence-corrected chi connectivity index (χ3v) is 5.58. The summed E-state index contributed by atoms with van der Waals surface area (Å²) in [6, 6.07) is 14.3. The molecule has 0 saturated heterocycles. The van der Waals surface area contributed by atoms with Crippen molar-refractivity contribution < 1.29 is 9.18 Å². The molecule has 0 radical (unpaired) electrons. The number of amides is 1. The van der Waals surface area contributed by atoms with Gasteiger partial charge in [0.2, 0.25) is 5.91 Å². The lowest BCUT2D eigenvalue weighted by molar-refractivity contribution is -0.118. The molecule has 1 heterocycles. The van der Waals surface area contributed by atoms with E-state index in [1.54, 1.807) is 12.1 Å². The van der Waals surface area contributed by atoms with Gasteiger partial charge in [0.1, 0.15) is 5.82 Å². The summed E-state index contributed by atoms with van der Waals surface area (Å²) < 4.78 is 13.7. The van der Waals surface area contributed by atoms with Crippen molar-refractivity contribution in [3.05, 3.63) is 70.9 Å².